The normalized spacial score (nSPS) is 13.0. The molecule has 3 nitrogen and oxygen atoms in total. The van der Waals surface area contributed by atoms with E-state index in [1.54, 1.807) is 12.3 Å². The molecule has 0 aliphatic carbocycles. The highest BCUT2D eigenvalue weighted by Gasteiger charge is 2.14. The van der Waals surface area contributed by atoms with Gasteiger partial charge in [-0.2, -0.15) is 0 Å². The predicted octanol–water partition coefficient (Wildman–Crippen LogP) is 4.13. The summed E-state index contributed by atoms with van der Waals surface area (Å²) in [6.07, 6.45) is 5.40. The van der Waals surface area contributed by atoms with E-state index in [4.69, 9.17) is 4.42 Å². The Bertz CT molecular complexity index is 585. The Morgan fingerprint density at radius 1 is 1.24 bits per heavy atom. The Morgan fingerprint density at radius 2 is 2.00 bits per heavy atom. The Hall–Kier alpha value is -2.29. The molecule has 1 aromatic heterocycles. The van der Waals surface area contributed by atoms with Crippen LogP contribution in [-0.4, -0.2) is 11.9 Å². The number of carbonyl (C=O) groups is 1. The first-order valence-electron chi connectivity index (χ1n) is 7.32. The SMILES string of the molecule is CCC[C@@H](C)NC(=O)/C(=C/c1ccco1)c1ccccc1. The van der Waals surface area contributed by atoms with Gasteiger partial charge in [0.2, 0.25) is 0 Å². The maximum atomic E-state index is 12.5. The molecule has 0 bridgehead atoms. The average molecular weight is 283 g/mol. The van der Waals surface area contributed by atoms with Crippen molar-refractivity contribution in [1.82, 2.24) is 5.32 Å². The van der Waals surface area contributed by atoms with Crippen LogP contribution in [0.1, 0.15) is 38.0 Å². The molecule has 0 spiro atoms. The van der Waals surface area contributed by atoms with Crippen LogP contribution in [0.25, 0.3) is 11.6 Å². The third-order valence-corrected chi connectivity index (χ3v) is 3.26. The molecule has 0 fully saturated rings. The molecule has 0 unspecified atom stereocenters. The molecule has 2 aromatic rings. The number of rotatable bonds is 6. The van der Waals surface area contributed by atoms with E-state index in [1.807, 2.05) is 49.4 Å². The minimum Gasteiger partial charge on any atom is -0.465 e. The highest BCUT2D eigenvalue weighted by Crippen LogP contribution is 2.19. The van der Waals surface area contributed by atoms with Crippen molar-refractivity contribution in [3.05, 3.63) is 60.1 Å². The third-order valence-electron chi connectivity index (χ3n) is 3.26. The van der Waals surface area contributed by atoms with E-state index in [0.717, 1.165) is 18.4 Å². The van der Waals surface area contributed by atoms with Gasteiger partial charge in [-0.3, -0.25) is 4.79 Å². The van der Waals surface area contributed by atoms with E-state index in [0.29, 0.717) is 11.3 Å². The van der Waals surface area contributed by atoms with Crippen LogP contribution in [0.4, 0.5) is 0 Å². The van der Waals surface area contributed by atoms with E-state index in [9.17, 15) is 4.79 Å². The number of hydrogen-bond acceptors (Lipinski definition) is 2. The van der Waals surface area contributed by atoms with Crippen molar-refractivity contribution in [2.45, 2.75) is 32.7 Å². The molecule has 0 saturated carbocycles. The molecule has 0 radical (unpaired) electrons. The summed E-state index contributed by atoms with van der Waals surface area (Å²) in [5.41, 5.74) is 1.50. The second-order valence-electron chi connectivity index (χ2n) is 5.10. The molecule has 2 rings (SSSR count). The van der Waals surface area contributed by atoms with Crippen molar-refractivity contribution in [2.75, 3.05) is 0 Å². The lowest BCUT2D eigenvalue weighted by atomic mass is 10.0. The summed E-state index contributed by atoms with van der Waals surface area (Å²) < 4.78 is 5.33. The van der Waals surface area contributed by atoms with Gasteiger partial charge in [-0.15, -0.1) is 0 Å². The first kappa shape index (κ1) is 15.1. The standard InChI is InChI=1S/C18H21NO2/c1-3-8-14(2)19-18(20)17(13-16-11-7-12-21-16)15-9-5-4-6-10-15/h4-7,9-14H,3,8H2,1-2H3,(H,19,20)/b17-13+/t14-/m1/s1. The van der Waals surface area contributed by atoms with Gasteiger partial charge >= 0.3 is 0 Å². The second kappa shape index (κ2) is 7.48. The molecule has 21 heavy (non-hydrogen) atoms. The smallest absolute Gasteiger partial charge is 0.252 e. The van der Waals surface area contributed by atoms with Crippen molar-refractivity contribution < 1.29 is 9.21 Å². The van der Waals surface area contributed by atoms with Crippen LogP contribution in [0.2, 0.25) is 0 Å². The fraction of sp³-hybridized carbons (Fsp3) is 0.278. The molecule has 1 heterocycles. The predicted molar refractivity (Wildman–Crippen MR) is 85.5 cm³/mol. The molecule has 0 saturated heterocycles. The van der Waals surface area contributed by atoms with Crippen molar-refractivity contribution >= 4 is 17.6 Å². The Labute approximate surface area is 125 Å². The van der Waals surface area contributed by atoms with Crippen LogP contribution in [0, 0.1) is 0 Å². The number of furan rings is 1. The summed E-state index contributed by atoms with van der Waals surface area (Å²) in [6.45, 7) is 4.14. The monoisotopic (exact) mass is 283 g/mol. The first-order chi connectivity index (χ1) is 10.2. The van der Waals surface area contributed by atoms with Crippen LogP contribution in [0.15, 0.2) is 53.1 Å². The summed E-state index contributed by atoms with van der Waals surface area (Å²) in [5, 5.41) is 3.04. The number of hydrogen-bond donors (Lipinski definition) is 1. The lowest BCUT2D eigenvalue weighted by Crippen LogP contribution is -2.32. The summed E-state index contributed by atoms with van der Waals surface area (Å²) in [6, 6.07) is 13.5. The lowest BCUT2D eigenvalue weighted by Gasteiger charge is -2.14. The van der Waals surface area contributed by atoms with Crippen molar-refractivity contribution in [3.63, 3.8) is 0 Å². The van der Waals surface area contributed by atoms with Gasteiger partial charge in [0.15, 0.2) is 0 Å². The second-order valence-corrected chi connectivity index (χ2v) is 5.10. The third kappa shape index (κ3) is 4.35. The van der Waals surface area contributed by atoms with Crippen molar-refractivity contribution in [1.29, 1.82) is 0 Å². The Balaban J connectivity index is 2.26. The van der Waals surface area contributed by atoms with Crippen LogP contribution in [-0.2, 0) is 4.79 Å². The minimum atomic E-state index is -0.0708. The largest absolute Gasteiger partial charge is 0.465 e. The highest BCUT2D eigenvalue weighted by atomic mass is 16.3. The summed E-state index contributed by atoms with van der Waals surface area (Å²) >= 11 is 0. The maximum absolute atomic E-state index is 12.5. The van der Waals surface area contributed by atoms with Gasteiger partial charge < -0.3 is 9.73 Å². The Morgan fingerprint density at radius 3 is 2.62 bits per heavy atom. The van der Waals surface area contributed by atoms with Gasteiger partial charge in [0.1, 0.15) is 5.76 Å². The minimum absolute atomic E-state index is 0.0708. The molecule has 1 atom stereocenters. The summed E-state index contributed by atoms with van der Waals surface area (Å²) in [4.78, 5) is 12.5. The van der Waals surface area contributed by atoms with Gasteiger partial charge in [-0.05, 0) is 37.1 Å². The number of benzene rings is 1. The zero-order valence-corrected chi connectivity index (χ0v) is 12.5. The van der Waals surface area contributed by atoms with Gasteiger partial charge in [0, 0.05) is 6.04 Å². The molecule has 110 valence electrons. The molecule has 0 aliphatic rings. The van der Waals surface area contributed by atoms with Gasteiger partial charge in [-0.25, -0.2) is 0 Å². The van der Waals surface area contributed by atoms with E-state index in [2.05, 4.69) is 12.2 Å². The number of amides is 1. The molecule has 0 aliphatic heterocycles. The van der Waals surface area contributed by atoms with Gasteiger partial charge in [0.25, 0.3) is 5.91 Å². The van der Waals surface area contributed by atoms with Crippen molar-refractivity contribution in [3.8, 4) is 0 Å². The zero-order valence-electron chi connectivity index (χ0n) is 12.5. The van der Waals surface area contributed by atoms with Crippen LogP contribution in [0.5, 0.6) is 0 Å². The van der Waals surface area contributed by atoms with E-state index in [1.165, 1.54) is 0 Å². The van der Waals surface area contributed by atoms with E-state index < -0.39 is 0 Å². The maximum Gasteiger partial charge on any atom is 0.252 e. The molecule has 1 N–H and O–H groups in total. The van der Waals surface area contributed by atoms with Crippen LogP contribution < -0.4 is 5.32 Å². The topological polar surface area (TPSA) is 42.2 Å². The lowest BCUT2D eigenvalue weighted by molar-refractivity contribution is -0.116. The number of carbonyl (C=O) groups excluding carboxylic acids is 1. The van der Waals surface area contributed by atoms with Crippen LogP contribution in [0.3, 0.4) is 0 Å². The summed E-state index contributed by atoms with van der Waals surface area (Å²) in [7, 11) is 0. The number of nitrogens with one attached hydrogen (secondary N) is 1. The van der Waals surface area contributed by atoms with E-state index in [-0.39, 0.29) is 11.9 Å². The fourth-order valence-electron chi connectivity index (χ4n) is 2.22. The van der Waals surface area contributed by atoms with Crippen molar-refractivity contribution in [2.24, 2.45) is 0 Å². The van der Waals surface area contributed by atoms with Gasteiger partial charge in [-0.1, -0.05) is 43.7 Å². The molecule has 3 heteroatoms. The quantitative estimate of drug-likeness (QED) is 0.810. The molecular weight excluding hydrogens is 262 g/mol. The zero-order chi connectivity index (χ0) is 15.1. The van der Waals surface area contributed by atoms with Crippen LogP contribution >= 0.6 is 0 Å². The fourth-order valence-corrected chi connectivity index (χ4v) is 2.22. The molecular formula is C18H21NO2. The first-order valence-corrected chi connectivity index (χ1v) is 7.32. The molecule has 1 aromatic carbocycles. The summed E-state index contributed by atoms with van der Waals surface area (Å²) in [5.74, 6) is 0.602. The van der Waals surface area contributed by atoms with E-state index >= 15 is 0 Å². The average Bonchev–Trinajstić information content (AvgIpc) is 2.99. The molecule has 1 amide bonds. The van der Waals surface area contributed by atoms with Gasteiger partial charge in [0.05, 0.1) is 11.8 Å². The Kier molecular flexibility index (Phi) is 5.38. The highest BCUT2D eigenvalue weighted by molar-refractivity contribution is 6.24.